The Hall–Kier alpha value is -3.13. The Morgan fingerprint density at radius 3 is 2.31 bits per heavy atom. The van der Waals surface area contributed by atoms with Gasteiger partial charge in [0.15, 0.2) is 5.82 Å². The third kappa shape index (κ3) is 5.97. The second-order valence-corrected chi connectivity index (χ2v) is 8.64. The molecule has 1 amide bonds. The number of anilines is 1. The summed E-state index contributed by atoms with van der Waals surface area (Å²) in [6, 6.07) is 24.1. The van der Waals surface area contributed by atoms with Crippen molar-refractivity contribution in [3.05, 3.63) is 111 Å². The average molecular weight is 537 g/mol. The highest BCUT2D eigenvalue weighted by Gasteiger charge is 2.13. The van der Waals surface area contributed by atoms with Crippen LogP contribution >= 0.6 is 22.6 Å². The van der Waals surface area contributed by atoms with Crippen LogP contribution in [-0.4, -0.2) is 15.9 Å². The topological polar surface area (TPSA) is 54.9 Å². The quantitative estimate of drug-likeness (QED) is 0.301. The summed E-state index contributed by atoms with van der Waals surface area (Å²) in [5.74, 6) is 0.0174. The van der Waals surface area contributed by atoms with E-state index in [1.54, 1.807) is 18.3 Å². The van der Waals surface area contributed by atoms with Crippen LogP contribution < -0.4 is 5.32 Å². The highest BCUT2D eigenvalue weighted by atomic mass is 127. The first-order valence-electron chi connectivity index (χ1n) is 10.3. The van der Waals surface area contributed by atoms with Gasteiger partial charge in [-0.1, -0.05) is 42.5 Å². The molecule has 0 aliphatic heterocycles. The van der Waals surface area contributed by atoms with E-state index in [4.69, 9.17) is 4.98 Å². The molecular formula is C26H21FIN3O. The molecule has 6 heteroatoms. The van der Waals surface area contributed by atoms with Gasteiger partial charge in [0.05, 0.1) is 24.0 Å². The number of nitrogens with one attached hydrogen (secondary N) is 1. The van der Waals surface area contributed by atoms with Crippen molar-refractivity contribution in [1.29, 1.82) is 0 Å². The lowest BCUT2D eigenvalue weighted by Gasteiger charge is -2.12. The van der Waals surface area contributed by atoms with Gasteiger partial charge in [-0.25, -0.2) is 14.4 Å². The monoisotopic (exact) mass is 537 g/mol. The van der Waals surface area contributed by atoms with Crippen molar-refractivity contribution in [2.75, 3.05) is 5.32 Å². The summed E-state index contributed by atoms with van der Waals surface area (Å²) in [5, 5.41) is 2.92. The second-order valence-electron chi connectivity index (χ2n) is 7.39. The Kier molecular flexibility index (Phi) is 7.21. The molecule has 4 aromatic rings. The van der Waals surface area contributed by atoms with Gasteiger partial charge < -0.3 is 5.32 Å². The van der Waals surface area contributed by atoms with Crippen molar-refractivity contribution in [3.63, 3.8) is 0 Å². The number of hydrogen-bond acceptors (Lipinski definition) is 3. The second kappa shape index (κ2) is 10.5. The summed E-state index contributed by atoms with van der Waals surface area (Å²) >= 11 is 2.24. The van der Waals surface area contributed by atoms with E-state index < -0.39 is 0 Å². The van der Waals surface area contributed by atoms with Crippen LogP contribution in [0.15, 0.2) is 85.1 Å². The summed E-state index contributed by atoms with van der Waals surface area (Å²) in [7, 11) is 0. The minimum Gasteiger partial charge on any atom is -0.309 e. The fourth-order valence-electron chi connectivity index (χ4n) is 3.34. The first kappa shape index (κ1) is 22.1. The molecule has 0 saturated carbocycles. The lowest BCUT2D eigenvalue weighted by Crippen LogP contribution is -2.17. The first-order chi connectivity index (χ1) is 15.6. The van der Waals surface area contributed by atoms with Gasteiger partial charge in [-0.2, -0.15) is 0 Å². The van der Waals surface area contributed by atoms with Crippen molar-refractivity contribution >= 4 is 34.3 Å². The molecule has 0 radical (unpaired) electrons. The maximum atomic E-state index is 13.3. The zero-order valence-electron chi connectivity index (χ0n) is 17.3. The van der Waals surface area contributed by atoms with Crippen LogP contribution in [0.2, 0.25) is 0 Å². The molecule has 32 heavy (non-hydrogen) atoms. The van der Waals surface area contributed by atoms with Crippen molar-refractivity contribution in [2.45, 2.75) is 19.3 Å². The summed E-state index contributed by atoms with van der Waals surface area (Å²) in [5.41, 5.74) is 4.23. The molecule has 0 spiro atoms. The zero-order valence-corrected chi connectivity index (χ0v) is 19.4. The Balaban J connectivity index is 1.56. The smallest absolute Gasteiger partial charge is 0.229 e. The number of carbonyl (C=O) groups excluding carboxylic acids is 1. The van der Waals surface area contributed by atoms with Gasteiger partial charge in [0.1, 0.15) is 5.82 Å². The first-order valence-corrected chi connectivity index (χ1v) is 11.3. The lowest BCUT2D eigenvalue weighted by molar-refractivity contribution is -0.115. The van der Waals surface area contributed by atoms with Crippen LogP contribution in [0.3, 0.4) is 0 Å². The summed E-state index contributed by atoms with van der Waals surface area (Å²) in [6.07, 6.45) is 3.25. The number of aromatic nitrogens is 2. The van der Waals surface area contributed by atoms with E-state index >= 15 is 0 Å². The van der Waals surface area contributed by atoms with E-state index in [9.17, 15) is 9.18 Å². The van der Waals surface area contributed by atoms with Crippen LogP contribution in [0.25, 0.3) is 11.3 Å². The number of hydrogen-bond donors (Lipinski definition) is 1. The molecule has 0 aliphatic rings. The molecular weight excluding hydrogens is 516 g/mol. The molecule has 3 aromatic carbocycles. The maximum Gasteiger partial charge on any atom is 0.229 e. The molecule has 1 aromatic heterocycles. The molecule has 160 valence electrons. The van der Waals surface area contributed by atoms with E-state index in [2.05, 4.69) is 45.0 Å². The Morgan fingerprint density at radius 2 is 1.59 bits per heavy atom. The molecule has 1 heterocycles. The van der Waals surface area contributed by atoms with E-state index in [1.807, 2.05) is 42.5 Å². The predicted octanol–water partition coefficient (Wildman–Crippen LogP) is 5.85. The zero-order chi connectivity index (χ0) is 22.3. The SMILES string of the molecule is O=C(Cc1ccc(I)cc1)Nc1ncc(-c2ccc(F)cc2)nc1CCc1ccccc1. The molecule has 0 atom stereocenters. The Bertz CT molecular complexity index is 1200. The van der Waals surface area contributed by atoms with Crippen LogP contribution in [-0.2, 0) is 24.1 Å². The van der Waals surface area contributed by atoms with Crippen LogP contribution in [0, 0.1) is 9.39 Å². The van der Waals surface area contributed by atoms with Crippen LogP contribution in [0.5, 0.6) is 0 Å². The lowest BCUT2D eigenvalue weighted by atomic mass is 10.1. The predicted molar refractivity (Wildman–Crippen MR) is 133 cm³/mol. The number of carbonyl (C=O) groups is 1. The van der Waals surface area contributed by atoms with E-state index in [0.29, 0.717) is 23.6 Å². The third-order valence-corrected chi connectivity index (χ3v) is 5.73. The number of halogens is 2. The van der Waals surface area contributed by atoms with Crippen molar-refractivity contribution in [2.24, 2.45) is 0 Å². The van der Waals surface area contributed by atoms with Crippen LogP contribution in [0.4, 0.5) is 10.2 Å². The largest absolute Gasteiger partial charge is 0.309 e. The van der Waals surface area contributed by atoms with Crippen LogP contribution in [0.1, 0.15) is 16.8 Å². The maximum absolute atomic E-state index is 13.3. The normalized spacial score (nSPS) is 10.7. The van der Waals surface area contributed by atoms with Gasteiger partial charge in [0, 0.05) is 9.13 Å². The molecule has 4 nitrogen and oxygen atoms in total. The van der Waals surface area contributed by atoms with Gasteiger partial charge in [0.2, 0.25) is 5.91 Å². The fourth-order valence-corrected chi connectivity index (χ4v) is 3.70. The highest BCUT2D eigenvalue weighted by molar-refractivity contribution is 14.1. The highest BCUT2D eigenvalue weighted by Crippen LogP contribution is 2.22. The summed E-state index contributed by atoms with van der Waals surface area (Å²) in [4.78, 5) is 21.9. The standard InChI is InChI=1S/C26H21FIN3O/c27-21-11-9-20(10-12-21)24-17-29-26(23(30-24)15-8-18-4-2-1-3-5-18)31-25(32)16-19-6-13-22(28)14-7-19/h1-7,9-14,17H,8,15-16H2,(H,29,31,32). The van der Waals surface area contributed by atoms with Gasteiger partial charge >= 0.3 is 0 Å². The van der Waals surface area contributed by atoms with Gasteiger partial charge in [-0.15, -0.1) is 0 Å². The number of nitrogens with zero attached hydrogens (tertiary/aromatic N) is 2. The van der Waals surface area contributed by atoms with Gasteiger partial charge in [-0.05, 0) is 83.0 Å². The Labute approximate surface area is 200 Å². The van der Waals surface area contributed by atoms with Crippen molar-refractivity contribution in [1.82, 2.24) is 9.97 Å². The molecule has 4 rings (SSSR count). The molecule has 1 N–H and O–H groups in total. The number of benzene rings is 3. The molecule has 0 bridgehead atoms. The summed E-state index contributed by atoms with van der Waals surface area (Å²) in [6.45, 7) is 0. The number of aryl methyl sites for hydroxylation is 2. The van der Waals surface area contributed by atoms with Gasteiger partial charge in [-0.3, -0.25) is 4.79 Å². The van der Waals surface area contributed by atoms with Crippen molar-refractivity contribution in [3.8, 4) is 11.3 Å². The Morgan fingerprint density at radius 1 is 0.875 bits per heavy atom. The van der Waals surface area contributed by atoms with Crippen molar-refractivity contribution < 1.29 is 9.18 Å². The fraction of sp³-hybridized carbons (Fsp3) is 0.115. The minimum atomic E-state index is -0.300. The minimum absolute atomic E-state index is 0.143. The molecule has 0 aliphatic carbocycles. The average Bonchev–Trinajstić information content (AvgIpc) is 2.81. The third-order valence-electron chi connectivity index (χ3n) is 5.01. The van der Waals surface area contributed by atoms with E-state index in [0.717, 1.165) is 21.1 Å². The van der Waals surface area contributed by atoms with E-state index in [1.165, 1.54) is 17.7 Å². The van der Waals surface area contributed by atoms with Gasteiger partial charge in [0.25, 0.3) is 0 Å². The molecule has 0 fully saturated rings. The number of amides is 1. The number of rotatable bonds is 7. The molecule has 0 saturated heterocycles. The van der Waals surface area contributed by atoms with E-state index in [-0.39, 0.29) is 18.1 Å². The molecule has 0 unspecified atom stereocenters. The summed E-state index contributed by atoms with van der Waals surface area (Å²) < 4.78 is 14.4.